The summed E-state index contributed by atoms with van der Waals surface area (Å²) in [4.78, 5) is 12.4. The molecule has 1 amide bonds. The molecular weight excluding hydrogens is 360 g/mol. The van der Waals surface area contributed by atoms with Gasteiger partial charge in [-0.3, -0.25) is 9.48 Å². The number of benzene rings is 1. The number of aromatic nitrogens is 2. The summed E-state index contributed by atoms with van der Waals surface area (Å²) in [6.45, 7) is 3.80. The van der Waals surface area contributed by atoms with Crippen molar-refractivity contribution in [3.05, 3.63) is 51.8 Å². The molecule has 4 nitrogen and oxygen atoms in total. The predicted molar refractivity (Wildman–Crippen MR) is 96.2 cm³/mol. The Labute approximate surface area is 156 Å². The normalized spacial score (nSPS) is 16.0. The van der Waals surface area contributed by atoms with Crippen molar-refractivity contribution in [2.45, 2.75) is 51.5 Å². The van der Waals surface area contributed by atoms with Crippen molar-refractivity contribution < 1.29 is 13.6 Å². The Bertz CT molecular complexity index is 808. The van der Waals surface area contributed by atoms with Gasteiger partial charge in [0.2, 0.25) is 5.91 Å². The summed E-state index contributed by atoms with van der Waals surface area (Å²) in [5.74, 6) is -1.35. The second-order valence-electron chi connectivity index (χ2n) is 7.00. The molecule has 1 aliphatic rings. The molecule has 1 saturated carbocycles. The summed E-state index contributed by atoms with van der Waals surface area (Å²) < 4.78 is 30.2. The Hall–Kier alpha value is -1.95. The molecule has 0 atom stereocenters. The number of hydrogen-bond donors (Lipinski definition) is 1. The Morgan fingerprint density at radius 3 is 2.42 bits per heavy atom. The number of carbonyl (C=O) groups excluding carboxylic acids is 1. The quantitative estimate of drug-likeness (QED) is 0.849. The largest absolute Gasteiger partial charge is 0.354 e. The summed E-state index contributed by atoms with van der Waals surface area (Å²) in [5, 5.41) is 7.62. The molecule has 3 rings (SSSR count). The maximum Gasteiger partial charge on any atom is 0.241 e. The average molecular weight is 382 g/mol. The molecule has 0 unspecified atom stereocenters. The van der Waals surface area contributed by atoms with Gasteiger partial charge >= 0.3 is 0 Å². The number of halogens is 3. The molecule has 1 aromatic heterocycles. The summed E-state index contributed by atoms with van der Waals surface area (Å²) in [6.07, 6.45) is 3.07. The topological polar surface area (TPSA) is 46.9 Å². The molecule has 0 spiro atoms. The molecule has 1 aliphatic carbocycles. The zero-order valence-electron chi connectivity index (χ0n) is 14.9. The smallest absolute Gasteiger partial charge is 0.241 e. The molecule has 0 aliphatic heterocycles. The van der Waals surface area contributed by atoms with Crippen molar-refractivity contribution in [1.82, 2.24) is 15.1 Å². The van der Waals surface area contributed by atoms with Crippen molar-refractivity contribution >= 4 is 17.5 Å². The summed E-state index contributed by atoms with van der Waals surface area (Å²) in [6, 6.07) is 3.92. The van der Waals surface area contributed by atoms with Crippen molar-refractivity contribution in [1.29, 1.82) is 0 Å². The zero-order valence-corrected chi connectivity index (χ0v) is 15.7. The number of amides is 1. The highest BCUT2D eigenvalue weighted by Crippen LogP contribution is 2.42. The van der Waals surface area contributed by atoms with Gasteiger partial charge in [0, 0.05) is 17.5 Å². The van der Waals surface area contributed by atoms with Gasteiger partial charge in [0.1, 0.15) is 18.2 Å². The van der Waals surface area contributed by atoms with E-state index in [9.17, 15) is 13.6 Å². The van der Waals surface area contributed by atoms with Crippen LogP contribution in [-0.4, -0.2) is 22.2 Å². The minimum absolute atomic E-state index is 0.0230. The number of carbonyl (C=O) groups is 1. The van der Waals surface area contributed by atoms with Gasteiger partial charge in [0.05, 0.1) is 16.4 Å². The Morgan fingerprint density at radius 1 is 1.27 bits per heavy atom. The Kier molecular flexibility index (Phi) is 5.32. The zero-order chi connectivity index (χ0) is 18.9. The molecule has 1 fully saturated rings. The lowest BCUT2D eigenvalue weighted by Gasteiger charge is -2.30. The van der Waals surface area contributed by atoms with E-state index in [1.807, 2.05) is 0 Å². The molecule has 0 saturated heterocycles. The lowest BCUT2D eigenvalue weighted by Crippen LogP contribution is -2.41. The van der Waals surface area contributed by atoms with Crippen molar-refractivity contribution in [2.75, 3.05) is 6.54 Å². The number of nitrogens with zero attached hydrogens (tertiary/aromatic N) is 2. The van der Waals surface area contributed by atoms with Gasteiger partial charge in [-0.15, -0.1) is 0 Å². The van der Waals surface area contributed by atoms with Crippen LogP contribution < -0.4 is 5.32 Å². The second-order valence-corrected chi connectivity index (χ2v) is 7.38. The Balaban J connectivity index is 1.75. The minimum Gasteiger partial charge on any atom is -0.354 e. The van der Waals surface area contributed by atoms with Gasteiger partial charge in [-0.05, 0) is 38.8 Å². The third kappa shape index (κ3) is 3.47. The summed E-state index contributed by atoms with van der Waals surface area (Å²) in [7, 11) is 0. The van der Waals surface area contributed by atoms with Crippen LogP contribution in [0, 0.1) is 25.5 Å². The first-order chi connectivity index (χ1) is 12.3. The van der Waals surface area contributed by atoms with Crippen molar-refractivity contribution in [3.63, 3.8) is 0 Å². The third-order valence-corrected chi connectivity index (χ3v) is 5.81. The second kappa shape index (κ2) is 7.35. The number of aryl methyl sites for hydroxylation is 1. The van der Waals surface area contributed by atoms with Crippen LogP contribution in [0.15, 0.2) is 18.2 Å². The van der Waals surface area contributed by atoms with Gasteiger partial charge in [0.15, 0.2) is 0 Å². The first kappa shape index (κ1) is 18.8. The third-order valence-electron chi connectivity index (χ3n) is 5.26. The molecule has 0 bridgehead atoms. The highest BCUT2D eigenvalue weighted by molar-refractivity contribution is 6.31. The van der Waals surface area contributed by atoms with E-state index in [1.54, 1.807) is 13.8 Å². The monoisotopic (exact) mass is 381 g/mol. The van der Waals surface area contributed by atoms with E-state index in [4.69, 9.17) is 11.6 Å². The van der Waals surface area contributed by atoms with E-state index in [2.05, 4.69) is 10.4 Å². The number of hydrogen-bond acceptors (Lipinski definition) is 2. The van der Waals surface area contributed by atoms with E-state index >= 15 is 0 Å². The first-order valence-corrected chi connectivity index (χ1v) is 9.12. The molecule has 1 N–H and O–H groups in total. The van der Waals surface area contributed by atoms with Crippen LogP contribution in [0.2, 0.25) is 5.02 Å². The average Bonchev–Trinajstić information content (AvgIpc) is 3.15. The lowest BCUT2D eigenvalue weighted by molar-refractivity contribution is -0.122. The van der Waals surface area contributed by atoms with Gasteiger partial charge in [-0.2, -0.15) is 5.10 Å². The van der Waals surface area contributed by atoms with Crippen LogP contribution in [0.3, 0.4) is 0 Å². The van der Waals surface area contributed by atoms with Crippen LogP contribution in [-0.2, 0) is 16.8 Å². The van der Waals surface area contributed by atoms with E-state index in [0.29, 0.717) is 23.6 Å². The Morgan fingerprint density at radius 2 is 1.88 bits per heavy atom. The fraction of sp³-hybridized carbons (Fsp3) is 0.474. The molecule has 7 heteroatoms. The van der Waals surface area contributed by atoms with Crippen LogP contribution in [0.1, 0.15) is 42.6 Å². The van der Waals surface area contributed by atoms with Gasteiger partial charge < -0.3 is 5.32 Å². The highest BCUT2D eigenvalue weighted by atomic mass is 35.5. The molecule has 1 aromatic carbocycles. The predicted octanol–water partition coefficient (Wildman–Crippen LogP) is 4.06. The summed E-state index contributed by atoms with van der Waals surface area (Å²) >= 11 is 6.10. The van der Waals surface area contributed by atoms with Gasteiger partial charge in [0.25, 0.3) is 0 Å². The minimum atomic E-state index is -0.697. The molecule has 26 heavy (non-hydrogen) atoms. The number of nitrogens with one attached hydrogen (secondary N) is 1. The first-order valence-electron chi connectivity index (χ1n) is 8.75. The fourth-order valence-electron chi connectivity index (χ4n) is 3.86. The maximum atomic E-state index is 14.3. The van der Waals surface area contributed by atoms with Crippen LogP contribution in [0.4, 0.5) is 8.78 Å². The molecule has 2 aromatic rings. The highest BCUT2D eigenvalue weighted by Gasteiger charge is 2.40. The molecule has 0 radical (unpaired) electrons. The van der Waals surface area contributed by atoms with Crippen molar-refractivity contribution in [3.8, 4) is 0 Å². The number of rotatable bonds is 5. The lowest BCUT2D eigenvalue weighted by atomic mass is 9.78. The van der Waals surface area contributed by atoms with E-state index in [-0.39, 0.29) is 24.6 Å². The van der Waals surface area contributed by atoms with Crippen LogP contribution in [0.25, 0.3) is 0 Å². The van der Waals surface area contributed by atoms with E-state index in [1.165, 1.54) is 22.9 Å². The molecular formula is C19H22ClF2N3O. The van der Waals surface area contributed by atoms with E-state index in [0.717, 1.165) is 18.5 Å². The standard InChI is InChI=1S/C19H22ClF2N3O/c1-12-18(20)13(2)25(24-12)10-16(26)23-11-19(8-3-4-9-19)17-14(21)6-5-7-15(17)22/h5-7H,3-4,8-11H2,1-2H3,(H,23,26). The van der Waals surface area contributed by atoms with Crippen molar-refractivity contribution in [2.24, 2.45) is 0 Å². The van der Waals surface area contributed by atoms with Gasteiger partial charge in [-0.25, -0.2) is 8.78 Å². The SMILES string of the molecule is Cc1nn(CC(=O)NCC2(c3c(F)cccc3F)CCCC2)c(C)c1Cl. The fourth-order valence-corrected chi connectivity index (χ4v) is 4.00. The molecule has 140 valence electrons. The maximum absolute atomic E-state index is 14.3. The van der Waals surface area contributed by atoms with Crippen LogP contribution in [0.5, 0.6) is 0 Å². The summed E-state index contributed by atoms with van der Waals surface area (Å²) in [5.41, 5.74) is 0.775. The van der Waals surface area contributed by atoms with Gasteiger partial charge in [-0.1, -0.05) is 30.5 Å². The van der Waals surface area contributed by atoms with E-state index < -0.39 is 17.0 Å². The van der Waals surface area contributed by atoms with Crippen LogP contribution >= 0.6 is 11.6 Å². The molecule has 1 heterocycles.